The molecule has 1 saturated heterocycles. The summed E-state index contributed by atoms with van der Waals surface area (Å²) in [6, 6.07) is 12.8. The number of aromatic nitrogens is 2. The smallest absolute Gasteiger partial charge is 0.272 e. The van der Waals surface area contributed by atoms with E-state index in [1.165, 1.54) is 34.2 Å². The van der Waals surface area contributed by atoms with Gasteiger partial charge in [0.2, 0.25) is 0 Å². The van der Waals surface area contributed by atoms with Gasteiger partial charge in [-0.3, -0.25) is 4.79 Å². The lowest BCUT2D eigenvalue weighted by Gasteiger charge is -2.31. The number of benzene rings is 2. The van der Waals surface area contributed by atoms with E-state index in [0.717, 1.165) is 65.1 Å². The summed E-state index contributed by atoms with van der Waals surface area (Å²) in [5.74, 6) is 0.519. The predicted octanol–water partition coefficient (Wildman–Crippen LogP) is 4.36. The first-order valence-electron chi connectivity index (χ1n) is 13.4. The number of aryl methyl sites for hydroxylation is 3. The minimum atomic E-state index is -0.269. The van der Waals surface area contributed by atoms with E-state index in [1.54, 1.807) is 18.3 Å². The van der Waals surface area contributed by atoms with Crippen LogP contribution >= 0.6 is 0 Å². The number of carbonyl (C=O) groups excluding carboxylic acids is 1. The van der Waals surface area contributed by atoms with Crippen LogP contribution in [0.1, 0.15) is 59.9 Å². The second-order valence-corrected chi connectivity index (χ2v) is 10.8. The average Bonchev–Trinajstić information content (AvgIpc) is 3.16. The maximum absolute atomic E-state index is 14.1. The zero-order valence-electron chi connectivity index (χ0n) is 22.2. The average molecular weight is 515 g/mol. The van der Waals surface area contributed by atoms with Gasteiger partial charge in [0.15, 0.2) is 0 Å². The summed E-state index contributed by atoms with van der Waals surface area (Å²) < 4.78 is 16.2. The fourth-order valence-electron chi connectivity index (χ4n) is 5.61. The topological polar surface area (TPSA) is 50.2 Å². The first kappa shape index (κ1) is 25.2. The molecule has 4 aromatic rings. The van der Waals surface area contributed by atoms with Crippen molar-refractivity contribution in [2.45, 2.75) is 53.0 Å². The molecule has 0 unspecified atom stereocenters. The molecule has 2 aromatic carbocycles. The lowest BCUT2D eigenvalue weighted by molar-refractivity contribution is 0.101. The van der Waals surface area contributed by atoms with Crippen molar-refractivity contribution in [1.29, 1.82) is 0 Å². The number of halogens is 1. The van der Waals surface area contributed by atoms with Crippen LogP contribution in [0.25, 0.3) is 10.9 Å². The fourth-order valence-corrected chi connectivity index (χ4v) is 6.71. The van der Waals surface area contributed by atoms with Crippen molar-refractivity contribution in [3.8, 4) is 0 Å². The first-order chi connectivity index (χ1) is 17.9. The number of hydrogen-bond donors (Lipinski definition) is 1. The molecule has 0 radical (unpaired) electrons. The molecule has 0 bridgehead atoms. The Kier molecular flexibility index (Phi) is 7.15. The Bertz CT molecular complexity index is 1460. The van der Waals surface area contributed by atoms with Crippen molar-refractivity contribution in [3.05, 3.63) is 82.4 Å². The summed E-state index contributed by atoms with van der Waals surface area (Å²) >= 11 is 0. The Morgan fingerprint density at radius 3 is 2.43 bits per heavy atom. The predicted molar refractivity (Wildman–Crippen MR) is 154 cm³/mol. The van der Waals surface area contributed by atoms with Crippen molar-refractivity contribution in [1.82, 2.24) is 9.55 Å². The normalized spacial score (nSPS) is 13.2. The third-order valence-corrected chi connectivity index (χ3v) is 8.92. The fraction of sp³-hybridized carbons (Fsp3) is 0.333. The molecule has 0 atom stereocenters. The van der Waals surface area contributed by atoms with Crippen molar-refractivity contribution in [3.63, 3.8) is 0 Å². The van der Waals surface area contributed by atoms with Crippen molar-refractivity contribution >= 4 is 43.7 Å². The monoisotopic (exact) mass is 514 g/mol. The highest BCUT2D eigenvalue weighted by molar-refractivity contribution is 6.36. The molecule has 0 spiro atoms. The largest absolute Gasteiger partial charge is 0.356 e. The van der Waals surface area contributed by atoms with Crippen LogP contribution in [-0.2, 0) is 25.8 Å². The Labute approximate surface area is 221 Å². The van der Waals surface area contributed by atoms with Gasteiger partial charge in [0, 0.05) is 40.8 Å². The van der Waals surface area contributed by atoms with Crippen LogP contribution in [0, 0.1) is 5.82 Å². The lowest BCUT2D eigenvalue weighted by Crippen LogP contribution is -2.37. The highest BCUT2D eigenvalue weighted by atomic mass is 28.1. The van der Waals surface area contributed by atoms with Gasteiger partial charge in [0.25, 0.3) is 5.91 Å². The van der Waals surface area contributed by atoms with Gasteiger partial charge in [-0.2, -0.15) is 0 Å². The van der Waals surface area contributed by atoms with E-state index >= 15 is 0 Å². The Balaban J connectivity index is 1.64. The zero-order valence-corrected chi connectivity index (χ0v) is 24.2. The summed E-state index contributed by atoms with van der Waals surface area (Å²) in [7, 11) is 0.958. The minimum absolute atomic E-state index is 0.155. The third kappa shape index (κ3) is 4.68. The van der Waals surface area contributed by atoms with E-state index < -0.39 is 0 Å². The highest BCUT2D eigenvalue weighted by Gasteiger charge is 2.25. The summed E-state index contributed by atoms with van der Waals surface area (Å²) in [6.07, 6.45) is 5.53. The maximum Gasteiger partial charge on any atom is 0.272 e. The van der Waals surface area contributed by atoms with Crippen LogP contribution in [0.2, 0.25) is 0 Å². The van der Waals surface area contributed by atoms with Gasteiger partial charge in [0.1, 0.15) is 17.3 Å². The minimum Gasteiger partial charge on any atom is -0.356 e. The van der Waals surface area contributed by atoms with Crippen LogP contribution in [0.4, 0.5) is 15.9 Å². The van der Waals surface area contributed by atoms with Crippen LogP contribution < -0.4 is 15.4 Å². The summed E-state index contributed by atoms with van der Waals surface area (Å²) in [4.78, 5) is 20.7. The number of anilines is 2. The molecule has 1 amide bonds. The first-order valence-corrected chi connectivity index (χ1v) is 14.4. The van der Waals surface area contributed by atoms with Gasteiger partial charge in [-0.25, -0.2) is 9.37 Å². The van der Waals surface area contributed by atoms with Crippen molar-refractivity contribution in [2.75, 3.05) is 23.3 Å². The third-order valence-electron chi connectivity index (χ3n) is 7.67. The number of rotatable bonds is 8. The van der Waals surface area contributed by atoms with Crippen molar-refractivity contribution < 1.29 is 9.18 Å². The molecule has 5 rings (SSSR count). The molecule has 5 nitrogen and oxygen atoms in total. The van der Waals surface area contributed by atoms with E-state index in [0.29, 0.717) is 17.9 Å². The standard InChI is InChI=1S/C30H35FN4OSi/c1-4-20-16-25-27(24(6-3)29(20)37)23(5-2)28(35(25)18-19-9-7-10-21(31)15-19)30(36)33-22-11-12-26(32-17-22)34-13-8-14-34/h7,9-12,15-17H,4-6,8,13-14,18H2,1-3,37H3,(H,33,36). The molecule has 192 valence electrons. The number of hydrogen-bond acceptors (Lipinski definition) is 3. The number of amides is 1. The molecular formula is C30H35FN4OSi. The summed E-state index contributed by atoms with van der Waals surface area (Å²) in [5, 5.41) is 5.74. The van der Waals surface area contributed by atoms with Gasteiger partial charge >= 0.3 is 0 Å². The van der Waals surface area contributed by atoms with Crippen LogP contribution in [-0.4, -0.2) is 38.8 Å². The number of fused-ring (bicyclic) bond motifs is 1. The quantitative estimate of drug-likeness (QED) is 0.356. The Morgan fingerprint density at radius 1 is 1.05 bits per heavy atom. The van der Waals surface area contributed by atoms with E-state index in [4.69, 9.17) is 0 Å². The highest BCUT2D eigenvalue weighted by Crippen LogP contribution is 2.32. The number of carbonyl (C=O) groups is 1. The molecule has 2 aromatic heterocycles. The maximum atomic E-state index is 14.1. The van der Waals surface area contributed by atoms with E-state index in [9.17, 15) is 9.18 Å². The van der Waals surface area contributed by atoms with E-state index in [1.807, 2.05) is 18.2 Å². The molecule has 7 heteroatoms. The van der Waals surface area contributed by atoms with Gasteiger partial charge in [0.05, 0.1) is 11.9 Å². The molecule has 0 saturated carbocycles. The molecule has 1 fully saturated rings. The molecular weight excluding hydrogens is 479 g/mol. The van der Waals surface area contributed by atoms with Crippen LogP contribution in [0.5, 0.6) is 0 Å². The van der Waals surface area contributed by atoms with E-state index in [2.05, 4.69) is 46.6 Å². The summed E-state index contributed by atoms with van der Waals surface area (Å²) in [6.45, 7) is 8.98. The van der Waals surface area contributed by atoms with Crippen molar-refractivity contribution in [2.24, 2.45) is 0 Å². The number of nitrogens with zero attached hydrogens (tertiary/aromatic N) is 3. The molecule has 1 aliphatic heterocycles. The SMILES string of the molecule is CCc1cc2c(c(CC)c1[SiH3])c(CC)c(C(=O)Nc1ccc(N3CCC3)nc1)n2Cc1cccc(F)c1. The van der Waals surface area contributed by atoms with Gasteiger partial charge in [-0.15, -0.1) is 0 Å². The zero-order chi connectivity index (χ0) is 26.1. The van der Waals surface area contributed by atoms with Crippen LogP contribution in [0.15, 0.2) is 48.7 Å². The Hall–Kier alpha value is -3.45. The molecule has 0 aliphatic carbocycles. The van der Waals surface area contributed by atoms with Crippen LogP contribution in [0.3, 0.4) is 0 Å². The molecule has 1 aliphatic rings. The van der Waals surface area contributed by atoms with Gasteiger partial charge in [-0.1, -0.05) is 38.1 Å². The van der Waals surface area contributed by atoms with Gasteiger partial charge < -0.3 is 14.8 Å². The second-order valence-electron chi connectivity index (χ2n) is 9.84. The molecule has 3 heterocycles. The Morgan fingerprint density at radius 2 is 1.84 bits per heavy atom. The summed E-state index contributed by atoms with van der Waals surface area (Å²) in [5.41, 5.74) is 6.97. The molecule has 1 N–H and O–H groups in total. The number of pyridine rings is 1. The van der Waals surface area contributed by atoms with Gasteiger partial charge in [-0.05, 0) is 78.3 Å². The number of nitrogens with one attached hydrogen (secondary N) is 1. The second kappa shape index (κ2) is 10.5. The molecule has 37 heavy (non-hydrogen) atoms. The van der Waals surface area contributed by atoms with E-state index in [-0.39, 0.29) is 11.7 Å². The lowest BCUT2D eigenvalue weighted by atomic mass is 9.97.